The van der Waals surface area contributed by atoms with Crippen molar-refractivity contribution in [3.8, 4) is 11.3 Å². The van der Waals surface area contributed by atoms with Crippen LogP contribution in [0.2, 0.25) is 0 Å². The number of hydrogen-bond acceptors (Lipinski definition) is 2. The van der Waals surface area contributed by atoms with Crippen molar-refractivity contribution in [1.29, 1.82) is 0 Å². The van der Waals surface area contributed by atoms with E-state index in [1.165, 1.54) is 44.6 Å². The lowest BCUT2D eigenvalue weighted by Crippen LogP contribution is -2.47. The van der Waals surface area contributed by atoms with Crippen LogP contribution in [0.4, 0.5) is 5.69 Å². The maximum absolute atomic E-state index is 13.5. The molecule has 0 radical (unpaired) electrons. The highest BCUT2D eigenvalue weighted by molar-refractivity contribution is 6.09. The Morgan fingerprint density at radius 2 is 1.50 bits per heavy atom. The largest absolute Gasteiger partial charge is 0.478 e. The van der Waals surface area contributed by atoms with Gasteiger partial charge in [-0.3, -0.25) is 4.79 Å². The third-order valence-electron chi connectivity index (χ3n) is 8.35. The van der Waals surface area contributed by atoms with Gasteiger partial charge in [0.1, 0.15) is 0 Å². The molecule has 2 aromatic carbocycles. The number of carboxylic acid groups (broad SMARTS) is 1. The van der Waals surface area contributed by atoms with Crippen molar-refractivity contribution in [3.05, 3.63) is 77.5 Å². The molecule has 5 heteroatoms. The van der Waals surface area contributed by atoms with E-state index in [2.05, 4.69) is 10.3 Å². The number of para-hydroxylation sites is 1. The molecule has 3 aromatic rings. The second-order valence-corrected chi connectivity index (χ2v) is 10.8. The highest BCUT2D eigenvalue weighted by Crippen LogP contribution is 2.61. The topological polar surface area (TPSA) is 82.2 Å². The lowest BCUT2D eigenvalue weighted by atomic mass is 9.48. The van der Waals surface area contributed by atoms with Gasteiger partial charge in [-0.2, -0.15) is 0 Å². The first kappa shape index (κ1) is 21.2. The molecule has 3 N–H and O–H groups in total. The molecule has 4 aliphatic carbocycles. The van der Waals surface area contributed by atoms with Gasteiger partial charge < -0.3 is 15.4 Å². The van der Waals surface area contributed by atoms with Gasteiger partial charge in [-0.25, -0.2) is 4.79 Å². The van der Waals surface area contributed by atoms with Crippen LogP contribution in [0.1, 0.15) is 64.9 Å². The van der Waals surface area contributed by atoms with Gasteiger partial charge in [0.2, 0.25) is 0 Å². The number of nitrogens with one attached hydrogen (secondary N) is 2. The molecule has 1 heterocycles. The molecule has 174 valence electrons. The van der Waals surface area contributed by atoms with Gasteiger partial charge in [-0.15, -0.1) is 0 Å². The fourth-order valence-corrected chi connectivity index (χ4v) is 7.46. The van der Waals surface area contributed by atoms with E-state index >= 15 is 0 Å². The Morgan fingerprint density at radius 3 is 2.15 bits per heavy atom. The normalized spacial score (nSPS) is 27.0. The van der Waals surface area contributed by atoms with Crippen LogP contribution in [0.5, 0.6) is 0 Å². The van der Waals surface area contributed by atoms with Gasteiger partial charge in [0, 0.05) is 11.4 Å². The van der Waals surface area contributed by atoms with Crippen molar-refractivity contribution in [2.75, 3.05) is 5.32 Å². The minimum Gasteiger partial charge on any atom is -0.478 e. The Labute approximate surface area is 199 Å². The second kappa shape index (κ2) is 8.15. The van der Waals surface area contributed by atoms with Crippen LogP contribution in [0.3, 0.4) is 0 Å². The van der Waals surface area contributed by atoms with Crippen LogP contribution < -0.4 is 5.32 Å². The molecule has 5 nitrogen and oxygen atoms in total. The molecular formula is C29H30N2O3. The average molecular weight is 455 g/mol. The van der Waals surface area contributed by atoms with Crippen LogP contribution in [0, 0.1) is 23.2 Å². The Balaban J connectivity index is 1.35. The summed E-state index contributed by atoms with van der Waals surface area (Å²) in [6.45, 7) is 0. The molecule has 7 rings (SSSR count). The second-order valence-electron chi connectivity index (χ2n) is 10.8. The first-order chi connectivity index (χ1) is 16.5. The molecule has 4 saturated carbocycles. The molecule has 34 heavy (non-hydrogen) atoms. The van der Waals surface area contributed by atoms with Crippen molar-refractivity contribution < 1.29 is 14.7 Å². The Hall–Kier alpha value is -3.34. The minimum atomic E-state index is -1.05. The highest BCUT2D eigenvalue weighted by atomic mass is 16.4. The number of H-pyrrole nitrogens is 1. The average Bonchev–Trinajstić information content (AvgIpc) is 3.22. The molecule has 0 aliphatic heterocycles. The maximum Gasteiger partial charge on any atom is 0.337 e. The number of aromatic carboxylic acids is 1. The number of anilines is 1. The number of amides is 1. The summed E-state index contributed by atoms with van der Waals surface area (Å²) in [4.78, 5) is 28.8. The standard InChI is InChI=1S/C29H30N2O3/c32-27(31-24-9-5-4-8-22(24)28(33)34)23-13-25(21-6-2-1-3-7-21)30-26(23)17-29-14-18-10-19(15-29)12-20(11-18)16-29/h1-9,13,18-20,30H,10-12,14-17H2,(H,31,32)(H,33,34). The molecule has 4 aliphatic rings. The van der Waals surface area contributed by atoms with Crippen molar-refractivity contribution >= 4 is 17.6 Å². The van der Waals surface area contributed by atoms with E-state index < -0.39 is 5.97 Å². The Bertz CT molecular complexity index is 1210. The summed E-state index contributed by atoms with van der Waals surface area (Å²) in [5, 5.41) is 12.4. The van der Waals surface area contributed by atoms with E-state index in [9.17, 15) is 14.7 Å². The van der Waals surface area contributed by atoms with E-state index in [0.717, 1.165) is 41.1 Å². The van der Waals surface area contributed by atoms with E-state index in [1.54, 1.807) is 18.2 Å². The van der Waals surface area contributed by atoms with Gasteiger partial charge in [0.05, 0.1) is 16.8 Å². The Kier molecular flexibility index (Phi) is 5.09. The van der Waals surface area contributed by atoms with Crippen molar-refractivity contribution in [3.63, 3.8) is 0 Å². The fraction of sp³-hybridized carbons (Fsp3) is 0.379. The molecule has 0 unspecified atom stereocenters. The third-order valence-corrected chi connectivity index (χ3v) is 8.35. The number of hydrogen-bond donors (Lipinski definition) is 3. The summed E-state index contributed by atoms with van der Waals surface area (Å²) in [5.74, 6) is 1.22. The predicted molar refractivity (Wildman–Crippen MR) is 132 cm³/mol. The highest BCUT2D eigenvalue weighted by Gasteiger charge is 2.51. The molecular weight excluding hydrogens is 424 g/mol. The number of carbonyl (C=O) groups is 2. The molecule has 1 amide bonds. The molecule has 0 saturated heterocycles. The van der Waals surface area contributed by atoms with Crippen molar-refractivity contribution in [2.45, 2.75) is 44.9 Å². The number of carboxylic acids is 1. The lowest BCUT2D eigenvalue weighted by molar-refractivity contribution is -0.0526. The van der Waals surface area contributed by atoms with Gasteiger partial charge in [-0.1, -0.05) is 42.5 Å². The minimum absolute atomic E-state index is 0.0947. The summed E-state index contributed by atoms with van der Waals surface area (Å²) >= 11 is 0. The number of aromatic amines is 1. The molecule has 0 spiro atoms. The lowest BCUT2D eigenvalue weighted by Gasteiger charge is -2.57. The van der Waals surface area contributed by atoms with Crippen molar-refractivity contribution in [1.82, 2.24) is 4.98 Å². The number of aromatic nitrogens is 1. The van der Waals surface area contributed by atoms with Crippen LogP contribution in [0.15, 0.2) is 60.7 Å². The van der Waals surface area contributed by atoms with E-state index in [-0.39, 0.29) is 16.9 Å². The zero-order chi connectivity index (χ0) is 23.3. The molecule has 4 bridgehead atoms. The Morgan fingerprint density at radius 1 is 0.882 bits per heavy atom. The van der Waals surface area contributed by atoms with Crippen LogP contribution >= 0.6 is 0 Å². The number of benzene rings is 2. The van der Waals surface area contributed by atoms with E-state index in [1.807, 2.05) is 36.4 Å². The molecule has 0 atom stereocenters. The van der Waals surface area contributed by atoms with E-state index in [0.29, 0.717) is 11.3 Å². The first-order valence-corrected chi connectivity index (χ1v) is 12.4. The predicted octanol–water partition coefficient (Wildman–Crippen LogP) is 6.39. The van der Waals surface area contributed by atoms with Crippen LogP contribution in [-0.2, 0) is 6.42 Å². The smallest absolute Gasteiger partial charge is 0.337 e. The van der Waals surface area contributed by atoms with Gasteiger partial charge >= 0.3 is 5.97 Å². The summed E-state index contributed by atoms with van der Waals surface area (Å²) in [6.07, 6.45) is 8.84. The number of carbonyl (C=O) groups excluding carboxylic acids is 1. The zero-order valence-electron chi connectivity index (χ0n) is 19.2. The number of rotatable bonds is 6. The molecule has 4 fully saturated rings. The summed E-state index contributed by atoms with van der Waals surface area (Å²) in [5.41, 5.74) is 4.26. The summed E-state index contributed by atoms with van der Waals surface area (Å²) in [7, 11) is 0. The monoisotopic (exact) mass is 454 g/mol. The summed E-state index contributed by atoms with van der Waals surface area (Å²) in [6, 6.07) is 18.6. The van der Waals surface area contributed by atoms with Gasteiger partial charge in [-0.05, 0) is 91.9 Å². The maximum atomic E-state index is 13.5. The molecule has 1 aromatic heterocycles. The zero-order valence-corrected chi connectivity index (χ0v) is 19.2. The SMILES string of the molecule is O=C(O)c1ccccc1NC(=O)c1cc(-c2ccccc2)[nH]c1CC12CC3CC(CC(C3)C1)C2. The fourth-order valence-electron chi connectivity index (χ4n) is 7.46. The van der Waals surface area contributed by atoms with E-state index in [4.69, 9.17) is 0 Å². The first-order valence-electron chi connectivity index (χ1n) is 12.4. The van der Waals surface area contributed by atoms with Gasteiger partial charge in [0.25, 0.3) is 5.91 Å². The van der Waals surface area contributed by atoms with Crippen LogP contribution in [0.25, 0.3) is 11.3 Å². The third kappa shape index (κ3) is 3.83. The summed E-state index contributed by atoms with van der Waals surface area (Å²) < 4.78 is 0. The van der Waals surface area contributed by atoms with Crippen molar-refractivity contribution in [2.24, 2.45) is 23.2 Å². The van der Waals surface area contributed by atoms with Crippen LogP contribution in [-0.4, -0.2) is 22.0 Å². The van der Waals surface area contributed by atoms with Gasteiger partial charge in [0.15, 0.2) is 0 Å². The quantitative estimate of drug-likeness (QED) is 0.403.